The Hall–Kier alpha value is 0.171. The summed E-state index contributed by atoms with van der Waals surface area (Å²) in [6, 6.07) is 12.5. The second-order valence-corrected chi connectivity index (χ2v) is 3.99. The smallest absolute Gasteiger partial charge is 0.513 e. The molecule has 0 aliphatic heterocycles. The molecule has 0 aromatic heterocycles. The third-order valence-electron chi connectivity index (χ3n) is 2.05. The summed E-state index contributed by atoms with van der Waals surface area (Å²) in [5.74, 6) is 0.728. The van der Waals surface area contributed by atoms with Crippen LogP contribution in [0, 0.1) is 6.07 Å². The number of methoxy groups -OCH3 is 1. The average Bonchev–Trinajstić information content (AvgIpc) is 2.34. The molecule has 21 heavy (non-hydrogen) atoms. The summed E-state index contributed by atoms with van der Waals surface area (Å²) in [7, 11) is -4.42. The molecule has 2 aromatic rings. The molecule has 2 rings (SSSR count). The van der Waals surface area contributed by atoms with Gasteiger partial charge in [0.25, 0.3) is 0 Å². The zero-order valence-electron chi connectivity index (χ0n) is 11.4. The van der Waals surface area contributed by atoms with Crippen LogP contribution >= 0.6 is 11.6 Å². The fourth-order valence-corrected chi connectivity index (χ4v) is 1.60. The van der Waals surface area contributed by atoms with Crippen molar-refractivity contribution in [1.82, 2.24) is 0 Å². The molecule has 0 amide bonds. The summed E-state index contributed by atoms with van der Waals surface area (Å²) in [6.45, 7) is 0.236. The van der Waals surface area contributed by atoms with Gasteiger partial charge in [0.05, 0.1) is 0 Å². The van der Waals surface area contributed by atoms with Crippen molar-refractivity contribution in [2.45, 2.75) is 0 Å². The van der Waals surface area contributed by atoms with Crippen LogP contribution in [0.5, 0.6) is 5.75 Å². The van der Waals surface area contributed by atoms with Gasteiger partial charge in [-0.15, -0.1) is 34.5 Å². The van der Waals surface area contributed by atoms with Gasteiger partial charge >= 0.3 is 58.6 Å². The van der Waals surface area contributed by atoms with Crippen molar-refractivity contribution in [3.8, 4) is 5.75 Å². The molecule has 0 unspecified atom stereocenters. The van der Waals surface area contributed by atoms with Crippen LogP contribution in [0.15, 0.2) is 30.3 Å². The molecule has 0 spiro atoms. The Bertz CT molecular complexity index is 562. The Kier molecular flexibility index (Phi) is 10.1. The summed E-state index contributed by atoms with van der Waals surface area (Å²) in [5.41, 5.74) is 0. The maximum atomic E-state index is 9.75. The molecule has 0 saturated heterocycles. The first kappa shape index (κ1) is 21.2. The maximum Gasteiger partial charge on any atom is 1.00 e. The zero-order chi connectivity index (χ0) is 15.2. The van der Waals surface area contributed by atoms with Crippen molar-refractivity contribution in [1.29, 1.82) is 0 Å². The van der Waals surface area contributed by atoms with Gasteiger partial charge in [-0.25, -0.2) is 0 Å². The van der Waals surface area contributed by atoms with Crippen molar-refractivity contribution in [2.24, 2.45) is 0 Å². The minimum atomic E-state index is -6.00. The van der Waals surface area contributed by atoms with Gasteiger partial charge in [0.15, 0.2) is 6.79 Å². The third kappa shape index (κ3) is 9.02. The Morgan fingerprint density at radius 1 is 1.24 bits per heavy atom. The van der Waals surface area contributed by atoms with Crippen molar-refractivity contribution in [2.75, 3.05) is 13.9 Å². The molecule has 9 heteroatoms. The molecule has 0 bridgehead atoms. The van der Waals surface area contributed by atoms with Crippen molar-refractivity contribution < 1.29 is 78.1 Å². The van der Waals surface area contributed by atoms with E-state index in [0.717, 1.165) is 16.5 Å². The fourth-order valence-electron chi connectivity index (χ4n) is 1.36. The van der Waals surface area contributed by atoms with E-state index in [9.17, 15) is 17.3 Å². The Balaban J connectivity index is 0.000000583. The second kappa shape index (κ2) is 10.0. The summed E-state index contributed by atoms with van der Waals surface area (Å²) >= 11 is 6.02. The predicted octanol–water partition coefficient (Wildman–Crippen LogP) is 1.58. The van der Waals surface area contributed by atoms with Gasteiger partial charge in [0, 0.05) is 12.9 Å². The van der Waals surface area contributed by atoms with Crippen molar-refractivity contribution in [3.63, 3.8) is 0 Å². The number of ether oxygens (including phenoxy) is 2. The number of benzene rings is 2. The van der Waals surface area contributed by atoms with E-state index in [2.05, 4.69) is 6.07 Å². The average molecular weight is 348 g/mol. The quantitative estimate of drug-likeness (QED) is 0.363. The van der Waals surface area contributed by atoms with Crippen LogP contribution in [-0.4, -0.2) is 21.2 Å². The predicted molar refractivity (Wildman–Crippen MR) is 70.5 cm³/mol. The first-order valence-electron chi connectivity index (χ1n) is 5.40. The van der Waals surface area contributed by atoms with E-state index >= 15 is 0 Å². The van der Waals surface area contributed by atoms with Crippen molar-refractivity contribution >= 4 is 29.6 Å². The molecule has 0 aliphatic rings. The van der Waals surface area contributed by atoms with Crippen LogP contribution in [0.1, 0.15) is 0 Å². The molecule has 0 aliphatic carbocycles. The molecule has 2 aromatic carbocycles. The van der Waals surface area contributed by atoms with Gasteiger partial charge in [0.1, 0.15) is 0 Å². The maximum absolute atomic E-state index is 9.75. The van der Waals surface area contributed by atoms with Crippen molar-refractivity contribution in [3.05, 3.63) is 41.4 Å². The molecular formula is C12H10BClF4KO2-. The van der Waals surface area contributed by atoms with Gasteiger partial charge in [0.2, 0.25) is 0 Å². The van der Waals surface area contributed by atoms with Crippen LogP contribution in [-0.2, 0) is 4.74 Å². The number of rotatable bonds is 3. The van der Waals surface area contributed by atoms with E-state index < -0.39 is 7.25 Å². The minimum absolute atomic E-state index is 0. The molecule has 0 atom stereocenters. The van der Waals surface area contributed by atoms with E-state index in [0.29, 0.717) is 5.02 Å². The van der Waals surface area contributed by atoms with Crippen LogP contribution in [0.25, 0.3) is 10.8 Å². The monoisotopic (exact) mass is 347 g/mol. The molecule has 0 fully saturated rings. The number of fused-ring (bicyclic) bond motifs is 1. The van der Waals surface area contributed by atoms with Gasteiger partial charge in [-0.1, -0.05) is 24.3 Å². The molecular weight excluding hydrogens is 337 g/mol. The Labute approximate surface area is 167 Å². The molecule has 0 N–H and O–H groups in total. The summed E-state index contributed by atoms with van der Waals surface area (Å²) in [5, 5.41) is 2.62. The van der Waals surface area contributed by atoms with E-state index in [1.165, 1.54) is 0 Å². The molecule has 110 valence electrons. The van der Waals surface area contributed by atoms with Crippen LogP contribution in [0.3, 0.4) is 0 Å². The van der Waals surface area contributed by atoms with Gasteiger partial charge < -0.3 is 26.7 Å². The largest absolute Gasteiger partial charge is 1.00 e. The van der Waals surface area contributed by atoms with Gasteiger partial charge in [-0.05, 0) is 5.02 Å². The molecule has 0 heterocycles. The van der Waals surface area contributed by atoms with E-state index in [1.54, 1.807) is 13.2 Å². The van der Waals surface area contributed by atoms with E-state index in [-0.39, 0.29) is 58.2 Å². The first-order valence-corrected chi connectivity index (χ1v) is 5.78. The normalized spacial score (nSPS) is 10.4. The minimum Gasteiger partial charge on any atom is -0.513 e. The fraction of sp³-hybridized carbons (Fsp3) is 0.167. The molecule has 2 nitrogen and oxygen atoms in total. The standard InChI is InChI=1S/C12H10ClO2.BF4.K/c1-14-8-15-10-5-6-11-9(7-10)3-2-4-12(11)13;2-1(3,4)5;/h2-5,7H,8H2,1H3;;/q2*-1;+1. The number of hydrogen-bond donors (Lipinski definition) is 0. The second-order valence-electron chi connectivity index (χ2n) is 3.59. The van der Waals surface area contributed by atoms with E-state index in [4.69, 9.17) is 21.1 Å². The summed E-state index contributed by atoms with van der Waals surface area (Å²) in [6.07, 6.45) is 0. The Morgan fingerprint density at radius 2 is 1.86 bits per heavy atom. The summed E-state index contributed by atoms with van der Waals surface area (Å²) < 4.78 is 49.1. The summed E-state index contributed by atoms with van der Waals surface area (Å²) in [4.78, 5) is 0. The first-order chi connectivity index (χ1) is 9.31. The van der Waals surface area contributed by atoms with Crippen LogP contribution in [0.2, 0.25) is 5.02 Å². The van der Waals surface area contributed by atoms with Gasteiger partial charge in [-0.3, -0.25) is 0 Å². The number of hydrogen-bond acceptors (Lipinski definition) is 2. The topological polar surface area (TPSA) is 18.5 Å². The Morgan fingerprint density at radius 3 is 2.43 bits per heavy atom. The SMILES string of the molecule is COCOc1c[c-]c2c(Cl)cccc2c1.F[B-](F)(F)F.[K+]. The molecule has 0 radical (unpaired) electrons. The zero-order valence-corrected chi connectivity index (χ0v) is 15.3. The van der Waals surface area contributed by atoms with Gasteiger partial charge in [-0.2, -0.15) is 0 Å². The molecule has 0 saturated carbocycles. The van der Waals surface area contributed by atoms with E-state index in [1.807, 2.05) is 24.3 Å². The third-order valence-corrected chi connectivity index (χ3v) is 2.36. The number of halogens is 5. The van der Waals surface area contributed by atoms with Crippen LogP contribution in [0.4, 0.5) is 17.3 Å². The van der Waals surface area contributed by atoms with Crippen LogP contribution < -0.4 is 56.1 Å².